The molecule has 6 aliphatic carbocycles. The first-order valence-corrected chi connectivity index (χ1v) is 9.26. The Labute approximate surface area is 136 Å². The second-order valence-electron chi connectivity index (χ2n) is 9.03. The summed E-state index contributed by atoms with van der Waals surface area (Å²) in [6, 6.07) is 0. The molecule has 6 aliphatic rings. The lowest BCUT2D eigenvalue weighted by Crippen LogP contribution is -2.61. The van der Waals surface area contributed by atoms with Crippen molar-refractivity contribution in [3.8, 4) is 0 Å². The third kappa shape index (κ3) is 2.03. The van der Waals surface area contributed by atoms with Gasteiger partial charge in [-0.2, -0.15) is 0 Å². The molecule has 0 aromatic carbocycles. The van der Waals surface area contributed by atoms with E-state index in [1.807, 2.05) is 6.08 Å². The normalized spacial score (nSPS) is 52.1. The van der Waals surface area contributed by atoms with Gasteiger partial charge in [-0.05, 0) is 74.5 Å². The fourth-order valence-corrected chi connectivity index (χ4v) is 7.12. The molecule has 124 valence electrons. The maximum absolute atomic E-state index is 13.0. The Morgan fingerprint density at radius 2 is 1.39 bits per heavy atom. The lowest BCUT2D eigenvalue weighted by atomic mass is 9.53. The number of hydrogen-bond acceptors (Lipinski definition) is 2. The standard InChI is InChI=1S/C19H25NO3/c21-17(15-13-1-2-14(6-13)16(15)18(22)23)20-19-7-10-3-11(8-19)5-12(4-10)9-19/h1-2,10-16H,3-9H2,(H,20,21)(H,22,23). The molecule has 6 bridgehead atoms. The fraction of sp³-hybridized carbons (Fsp3) is 0.789. The van der Waals surface area contributed by atoms with E-state index < -0.39 is 11.9 Å². The molecule has 0 radical (unpaired) electrons. The van der Waals surface area contributed by atoms with E-state index in [0.29, 0.717) is 0 Å². The molecule has 6 rings (SSSR count). The number of allylic oxidation sites excluding steroid dienone is 2. The van der Waals surface area contributed by atoms with Crippen molar-refractivity contribution in [2.24, 2.45) is 41.4 Å². The summed E-state index contributed by atoms with van der Waals surface area (Å²) >= 11 is 0. The minimum atomic E-state index is -0.799. The molecule has 0 spiro atoms. The molecule has 4 heteroatoms. The highest BCUT2D eigenvalue weighted by Crippen LogP contribution is 2.56. The van der Waals surface area contributed by atoms with Crippen LogP contribution >= 0.6 is 0 Å². The number of fused-ring (bicyclic) bond motifs is 2. The van der Waals surface area contributed by atoms with Gasteiger partial charge in [0.1, 0.15) is 0 Å². The van der Waals surface area contributed by atoms with Crippen molar-refractivity contribution in [3.63, 3.8) is 0 Å². The molecule has 2 N–H and O–H groups in total. The molecule has 4 nitrogen and oxygen atoms in total. The third-order valence-electron chi connectivity index (χ3n) is 7.47. The molecule has 0 aromatic heterocycles. The van der Waals surface area contributed by atoms with Gasteiger partial charge in [0.25, 0.3) is 0 Å². The topological polar surface area (TPSA) is 66.4 Å². The van der Waals surface area contributed by atoms with Gasteiger partial charge in [0, 0.05) is 5.54 Å². The van der Waals surface area contributed by atoms with E-state index in [2.05, 4.69) is 11.4 Å². The van der Waals surface area contributed by atoms with Crippen LogP contribution in [0, 0.1) is 41.4 Å². The summed E-state index contributed by atoms with van der Waals surface area (Å²) in [7, 11) is 0. The van der Waals surface area contributed by atoms with E-state index in [-0.39, 0.29) is 29.2 Å². The molecule has 0 aliphatic heterocycles. The fourth-order valence-electron chi connectivity index (χ4n) is 7.12. The zero-order chi connectivity index (χ0) is 15.8. The number of carboxylic acid groups (broad SMARTS) is 1. The van der Waals surface area contributed by atoms with Crippen LogP contribution in [-0.4, -0.2) is 22.5 Å². The van der Waals surface area contributed by atoms with Crippen molar-refractivity contribution in [3.05, 3.63) is 12.2 Å². The first kappa shape index (κ1) is 14.1. The predicted molar refractivity (Wildman–Crippen MR) is 84.4 cm³/mol. The van der Waals surface area contributed by atoms with E-state index in [1.165, 1.54) is 19.3 Å². The van der Waals surface area contributed by atoms with Gasteiger partial charge in [-0.25, -0.2) is 0 Å². The summed E-state index contributed by atoms with van der Waals surface area (Å²) in [5, 5.41) is 13.0. The van der Waals surface area contributed by atoms with Crippen molar-refractivity contribution < 1.29 is 14.7 Å². The van der Waals surface area contributed by atoms with E-state index >= 15 is 0 Å². The first-order chi connectivity index (χ1) is 11.0. The van der Waals surface area contributed by atoms with Crippen LogP contribution in [0.4, 0.5) is 0 Å². The number of hydrogen-bond donors (Lipinski definition) is 2. The summed E-state index contributed by atoms with van der Waals surface area (Å²) in [5.41, 5.74) is -0.0135. The molecular formula is C19H25NO3. The molecule has 0 aromatic rings. The number of aliphatic carboxylic acids is 1. The Balaban J connectivity index is 1.37. The van der Waals surface area contributed by atoms with Crippen LogP contribution in [0.2, 0.25) is 0 Å². The average molecular weight is 315 g/mol. The lowest BCUT2D eigenvalue weighted by molar-refractivity contribution is -0.149. The molecule has 1 amide bonds. The first-order valence-electron chi connectivity index (χ1n) is 9.26. The number of carbonyl (C=O) groups excluding carboxylic acids is 1. The lowest BCUT2D eigenvalue weighted by Gasteiger charge is -2.57. The van der Waals surface area contributed by atoms with E-state index in [0.717, 1.165) is 43.4 Å². The van der Waals surface area contributed by atoms with Crippen molar-refractivity contribution in [1.29, 1.82) is 0 Å². The number of carboxylic acids is 1. The van der Waals surface area contributed by atoms with E-state index in [9.17, 15) is 14.7 Å². The van der Waals surface area contributed by atoms with Gasteiger partial charge >= 0.3 is 5.97 Å². The third-order valence-corrected chi connectivity index (χ3v) is 7.47. The van der Waals surface area contributed by atoms with E-state index in [1.54, 1.807) is 0 Å². The summed E-state index contributed by atoms with van der Waals surface area (Å²) in [5.74, 6) is 0.919. The van der Waals surface area contributed by atoms with Crippen molar-refractivity contribution in [2.75, 3.05) is 0 Å². The van der Waals surface area contributed by atoms with Gasteiger partial charge in [-0.3, -0.25) is 9.59 Å². The maximum atomic E-state index is 13.0. The number of rotatable bonds is 3. The second-order valence-corrected chi connectivity index (χ2v) is 9.03. The minimum Gasteiger partial charge on any atom is -0.481 e. The Morgan fingerprint density at radius 1 is 0.870 bits per heavy atom. The molecule has 0 saturated heterocycles. The molecule has 5 fully saturated rings. The van der Waals surface area contributed by atoms with Crippen LogP contribution in [-0.2, 0) is 9.59 Å². The van der Waals surface area contributed by atoms with Gasteiger partial charge in [0.15, 0.2) is 0 Å². The van der Waals surface area contributed by atoms with Crippen molar-refractivity contribution in [1.82, 2.24) is 5.32 Å². The van der Waals surface area contributed by atoms with Crippen molar-refractivity contribution >= 4 is 11.9 Å². The Kier molecular flexibility index (Phi) is 2.82. The summed E-state index contributed by atoms with van der Waals surface area (Å²) in [4.78, 5) is 24.7. The molecule has 23 heavy (non-hydrogen) atoms. The largest absolute Gasteiger partial charge is 0.481 e. The van der Waals surface area contributed by atoms with E-state index in [4.69, 9.17) is 0 Å². The Hall–Kier alpha value is -1.32. The zero-order valence-corrected chi connectivity index (χ0v) is 13.4. The highest BCUT2D eigenvalue weighted by atomic mass is 16.4. The van der Waals surface area contributed by atoms with Crippen LogP contribution in [0.1, 0.15) is 44.9 Å². The number of nitrogens with one attached hydrogen (secondary N) is 1. The predicted octanol–water partition coefficient (Wildman–Crippen LogP) is 2.59. The molecule has 4 atom stereocenters. The molecular weight excluding hydrogens is 290 g/mol. The quantitative estimate of drug-likeness (QED) is 0.787. The SMILES string of the molecule is O=C(O)C1C2C=CC(C2)C1C(=O)NC12CC3CC(CC(C3)C1)C2. The van der Waals surface area contributed by atoms with Crippen LogP contribution in [0.3, 0.4) is 0 Å². The Bertz CT molecular complexity index is 560. The zero-order valence-electron chi connectivity index (χ0n) is 13.4. The van der Waals surface area contributed by atoms with Crippen molar-refractivity contribution in [2.45, 2.75) is 50.5 Å². The van der Waals surface area contributed by atoms with Crippen LogP contribution < -0.4 is 5.32 Å². The highest BCUT2D eigenvalue weighted by Gasteiger charge is 2.55. The second kappa shape index (κ2) is 4.61. The van der Waals surface area contributed by atoms with Gasteiger partial charge in [0.2, 0.25) is 5.91 Å². The minimum absolute atomic E-state index is 0.0135. The molecule has 0 heterocycles. The Morgan fingerprint density at radius 3 is 1.91 bits per heavy atom. The molecule has 5 saturated carbocycles. The molecule has 4 unspecified atom stereocenters. The average Bonchev–Trinajstić information content (AvgIpc) is 3.05. The van der Waals surface area contributed by atoms with Gasteiger partial charge < -0.3 is 10.4 Å². The number of amides is 1. The van der Waals surface area contributed by atoms with Crippen LogP contribution in [0.25, 0.3) is 0 Å². The number of carbonyl (C=O) groups is 2. The van der Waals surface area contributed by atoms with Gasteiger partial charge in [-0.1, -0.05) is 12.2 Å². The smallest absolute Gasteiger partial charge is 0.307 e. The monoisotopic (exact) mass is 315 g/mol. The summed E-state index contributed by atoms with van der Waals surface area (Å²) in [6.45, 7) is 0. The van der Waals surface area contributed by atoms with Crippen LogP contribution in [0.5, 0.6) is 0 Å². The summed E-state index contributed by atoms with van der Waals surface area (Å²) < 4.78 is 0. The van der Waals surface area contributed by atoms with Crippen LogP contribution in [0.15, 0.2) is 12.2 Å². The van der Waals surface area contributed by atoms with Gasteiger partial charge in [0.05, 0.1) is 11.8 Å². The maximum Gasteiger partial charge on any atom is 0.307 e. The van der Waals surface area contributed by atoms with Gasteiger partial charge in [-0.15, -0.1) is 0 Å². The summed E-state index contributed by atoms with van der Waals surface area (Å²) in [6.07, 6.45) is 12.4. The highest BCUT2D eigenvalue weighted by molar-refractivity contribution is 5.87.